The Hall–Kier alpha value is -1.21. The first-order chi connectivity index (χ1) is 9.24. The van der Waals surface area contributed by atoms with Gasteiger partial charge in [-0.3, -0.25) is 4.79 Å². The number of piperazine rings is 1. The summed E-state index contributed by atoms with van der Waals surface area (Å²) in [6, 6.07) is 0. The molecule has 0 saturated carbocycles. The normalized spacial score (nSPS) is 23.9. The van der Waals surface area contributed by atoms with Crippen LogP contribution in [0.25, 0.3) is 0 Å². The summed E-state index contributed by atoms with van der Waals surface area (Å²) in [7, 11) is 0. The Morgan fingerprint density at radius 2 is 2.16 bits per heavy atom. The van der Waals surface area contributed by atoms with E-state index in [0.717, 1.165) is 56.6 Å². The van der Waals surface area contributed by atoms with E-state index in [4.69, 9.17) is 0 Å². The van der Waals surface area contributed by atoms with Crippen LogP contribution in [0.3, 0.4) is 0 Å². The molecule has 6 nitrogen and oxygen atoms in total. The highest BCUT2D eigenvalue weighted by Crippen LogP contribution is 2.20. The molecular formula is C12H19N5OS. The van der Waals surface area contributed by atoms with Gasteiger partial charge in [-0.1, -0.05) is 0 Å². The average Bonchev–Trinajstić information content (AvgIpc) is 3.09. The number of amides is 1. The molecule has 3 rings (SSSR count). The van der Waals surface area contributed by atoms with Gasteiger partial charge in [0, 0.05) is 44.3 Å². The van der Waals surface area contributed by atoms with Gasteiger partial charge in [0.15, 0.2) is 0 Å². The molecule has 1 aromatic heterocycles. The maximum absolute atomic E-state index is 12.3. The lowest BCUT2D eigenvalue weighted by Crippen LogP contribution is -2.50. The van der Waals surface area contributed by atoms with Crippen molar-refractivity contribution >= 4 is 22.6 Å². The van der Waals surface area contributed by atoms with E-state index in [0.29, 0.717) is 5.91 Å². The Bertz CT molecular complexity index is 449. The first kappa shape index (κ1) is 12.8. The van der Waals surface area contributed by atoms with Crippen molar-refractivity contribution in [2.75, 3.05) is 44.2 Å². The monoisotopic (exact) mass is 281 g/mol. The van der Waals surface area contributed by atoms with Crippen LogP contribution in [0.15, 0.2) is 0 Å². The second-order valence-corrected chi connectivity index (χ2v) is 5.86. The van der Waals surface area contributed by atoms with Crippen LogP contribution < -0.4 is 10.2 Å². The molecule has 0 radical (unpaired) electrons. The van der Waals surface area contributed by atoms with Crippen LogP contribution in [-0.4, -0.2) is 59.4 Å². The van der Waals surface area contributed by atoms with Crippen molar-refractivity contribution in [2.24, 2.45) is 5.92 Å². The number of rotatable bonds is 2. The van der Waals surface area contributed by atoms with Crippen molar-refractivity contribution in [1.82, 2.24) is 19.6 Å². The van der Waals surface area contributed by atoms with Crippen molar-refractivity contribution in [2.45, 2.75) is 13.3 Å². The standard InChI is InChI=1S/C12H19N5OS/c1-9-14-12(19-15-9)17-6-4-16(5-7-17)11(18)10-2-3-13-8-10/h10,13H,2-8H2,1H3. The third-order valence-electron chi connectivity index (χ3n) is 3.79. The summed E-state index contributed by atoms with van der Waals surface area (Å²) < 4.78 is 4.21. The average molecular weight is 281 g/mol. The Morgan fingerprint density at radius 1 is 1.37 bits per heavy atom. The maximum Gasteiger partial charge on any atom is 0.227 e. The Labute approximate surface area is 117 Å². The molecule has 1 unspecified atom stereocenters. The summed E-state index contributed by atoms with van der Waals surface area (Å²) in [6.07, 6.45) is 0.981. The van der Waals surface area contributed by atoms with E-state index in [1.807, 2.05) is 11.8 Å². The van der Waals surface area contributed by atoms with Gasteiger partial charge in [0.1, 0.15) is 5.82 Å². The molecule has 19 heavy (non-hydrogen) atoms. The highest BCUT2D eigenvalue weighted by Gasteiger charge is 2.29. The maximum atomic E-state index is 12.3. The molecule has 0 spiro atoms. The van der Waals surface area contributed by atoms with Gasteiger partial charge in [-0.25, -0.2) is 4.98 Å². The Kier molecular flexibility index (Phi) is 3.65. The molecule has 1 N–H and O–H groups in total. The number of nitrogens with zero attached hydrogens (tertiary/aromatic N) is 4. The fraction of sp³-hybridized carbons (Fsp3) is 0.750. The van der Waals surface area contributed by atoms with Crippen LogP contribution in [0.1, 0.15) is 12.2 Å². The summed E-state index contributed by atoms with van der Waals surface area (Å²) in [5, 5.41) is 4.23. The molecule has 1 aromatic rings. The van der Waals surface area contributed by atoms with Crippen LogP contribution >= 0.6 is 11.5 Å². The fourth-order valence-corrected chi connectivity index (χ4v) is 3.38. The smallest absolute Gasteiger partial charge is 0.227 e. The van der Waals surface area contributed by atoms with Crippen molar-refractivity contribution in [1.29, 1.82) is 0 Å². The van der Waals surface area contributed by atoms with Gasteiger partial charge in [-0.15, -0.1) is 0 Å². The molecule has 104 valence electrons. The highest BCUT2D eigenvalue weighted by molar-refractivity contribution is 7.09. The fourth-order valence-electron chi connectivity index (χ4n) is 2.66. The van der Waals surface area contributed by atoms with Crippen molar-refractivity contribution < 1.29 is 4.79 Å². The van der Waals surface area contributed by atoms with E-state index in [-0.39, 0.29) is 5.92 Å². The van der Waals surface area contributed by atoms with Gasteiger partial charge in [0.05, 0.1) is 5.92 Å². The zero-order valence-electron chi connectivity index (χ0n) is 11.1. The predicted molar refractivity (Wildman–Crippen MR) is 74.4 cm³/mol. The molecule has 0 aromatic carbocycles. The van der Waals surface area contributed by atoms with Gasteiger partial charge in [-0.2, -0.15) is 4.37 Å². The second kappa shape index (κ2) is 5.42. The number of hydrogen-bond acceptors (Lipinski definition) is 6. The number of anilines is 1. The number of carbonyl (C=O) groups is 1. The van der Waals surface area contributed by atoms with E-state index in [1.165, 1.54) is 11.5 Å². The van der Waals surface area contributed by atoms with E-state index in [1.54, 1.807) is 0 Å². The topological polar surface area (TPSA) is 61.4 Å². The first-order valence-corrected chi connectivity index (χ1v) is 7.56. The summed E-state index contributed by atoms with van der Waals surface area (Å²) >= 11 is 1.44. The number of aryl methyl sites for hydroxylation is 1. The van der Waals surface area contributed by atoms with Gasteiger partial charge in [0.2, 0.25) is 11.0 Å². The third-order valence-corrected chi connectivity index (χ3v) is 4.66. The minimum absolute atomic E-state index is 0.190. The third kappa shape index (κ3) is 2.71. The zero-order valence-corrected chi connectivity index (χ0v) is 11.9. The second-order valence-electron chi connectivity index (χ2n) is 5.13. The van der Waals surface area contributed by atoms with Crippen molar-refractivity contribution in [3.05, 3.63) is 5.82 Å². The zero-order chi connectivity index (χ0) is 13.2. The molecule has 0 aliphatic carbocycles. The van der Waals surface area contributed by atoms with Crippen molar-refractivity contribution in [3.8, 4) is 0 Å². The number of nitrogens with one attached hydrogen (secondary N) is 1. The highest BCUT2D eigenvalue weighted by atomic mass is 32.1. The number of hydrogen-bond donors (Lipinski definition) is 1. The summed E-state index contributed by atoms with van der Waals surface area (Å²) in [5.41, 5.74) is 0. The van der Waals surface area contributed by atoms with Crippen molar-refractivity contribution in [3.63, 3.8) is 0 Å². The van der Waals surface area contributed by atoms with E-state index in [9.17, 15) is 4.79 Å². The molecule has 2 fully saturated rings. The summed E-state index contributed by atoms with van der Waals surface area (Å²) in [4.78, 5) is 20.9. The number of carbonyl (C=O) groups excluding carboxylic acids is 1. The van der Waals surface area contributed by atoms with Crippen LogP contribution in [-0.2, 0) is 4.79 Å². The van der Waals surface area contributed by atoms with Gasteiger partial charge < -0.3 is 15.1 Å². The van der Waals surface area contributed by atoms with Crippen LogP contribution in [0.5, 0.6) is 0 Å². The molecule has 1 amide bonds. The Morgan fingerprint density at radius 3 is 2.74 bits per heavy atom. The quantitative estimate of drug-likeness (QED) is 0.833. The lowest BCUT2D eigenvalue weighted by atomic mass is 10.1. The van der Waals surface area contributed by atoms with Gasteiger partial charge >= 0.3 is 0 Å². The molecule has 2 aliphatic rings. The van der Waals surface area contributed by atoms with E-state index >= 15 is 0 Å². The van der Waals surface area contributed by atoms with Crippen LogP contribution in [0, 0.1) is 12.8 Å². The summed E-state index contributed by atoms with van der Waals surface area (Å²) in [6.45, 7) is 7.05. The minimum atomic E-state index is 0.190. The lowest BCUT2D eigenvalue weighted by Gasteiger charge is -2.35. The van der Waals surface area contributed by atoms with E-state index < -0.39 is 0 Å². The number of aromatic nitrogens is 2. The SMILES string of the molecule is Cc1nsc(N2CCN(C(=O)C3CCNC3)CC2)n1. The molecule has 2 saturated heterocycles. The summed E-state index contributed by atoms with van der Waals surface area (Å²) in [5.74, 6) is 1.34. The van der Waals surface area contributed by atoms with Crippen LogP contribution in [0.4, 0.5) is 5.13 Å². The first-order valence-electron chi connectivity index (χ1n) is 6.79. The molecule has 1 atom stereocenters. The molecule has 0 bridgehead atoms. The lowest BCUT2D eigenvalue weighted by molar-refractivity contribution is -0.135. The molecule has 7 heteroatoms. The predicted octanol–water partition coefficient (Wildman–Crippen LogP) is 0.105. The minimum Gasteiger partial charge on any atom is -0.343 e. The molecular weight excluding hydrogens is 262 g/mol. The molecule has 3 heterocycles. The van der Waals surface area contributed by atoms with Gasteiger partial charge in [-0.05, 0) is 19.9 Å². The largest absolute Gasteiger partial charge is 0.343 e. The van der Waals surface area contributed by atoms with E-state index in [2.05, 4.69) is 19.6 Å². The van der Waals surface area contributed by atoms with Crippen LogP contribution in [0.2, 0.25) is 0 Å². The van der Waals surface area contributed by atoms with Gasteiger partial charge in [0.25, 0.3) is 0 Å². The Balaban J connectivity index is 1.55. The molecule has 2 aliphatic heterocycles.